The second kappa shape index (κ2) is 10.4. The number of hydrogen-bond donors (Lipinski definition) is 1. The number of para-hydroxylation sites is 1. The van der Waals surface area contributed by atoms with E-state index < -0.39 is 16.1 Å². The van der Waals surface area contributed by atoms with E-state index in [0.717, 1.165) is 25.9 Å². The van der Waals surface area contributed by atoms with Gasteiger partial charge in [0.1, 0.15) is 0 Å². The van der Waals surface area contributed by atoms with E-state index in [1.54, 1.807) is 54.6 Å². The Morgan fingerprint density at radius 3 is 1.89 bits per heavy atom. The maximum Gasteiger partial charge on any atom is 0.264 e. The molecule has 2 aromatic rings. The predicted octanol–water partition coefficient (Wildman–Crippen LogP) is 3.36. The van der Waals surface area contributed by atoms with Crippen LogP contribution in [0.2, 0.25) is 0 Å². The van der Waals surface area contributed by atoms with Gasteiger partial charge in [-0.3, -0.25) is 4.31 Å². The highest BCUT2D eigenvalue weighted by atomic mass is 32.2. The first-order chi connectivity index (χ1) is 13.0. The zero-order valence-corrected chi connectivity index (χ0v) is 17.0. The lowest BCUT2D eigenvalue weighted by Gasteiger charge is -2.30. The van der Waals surface area contributed by atoms with Crippen LogP contribution < -0.4 is 4.31 Å². The number of hydrogen-bond acceptors (Lipinski definition) is 4. The summed E-state index contributed by atoms with van der Waals surface area (Å²) in [5.74, 6) is 0. The molecule has 5 nitrogen and oxygen atoms in total. The lowest BCUT2D eigenvalue weighted by Crippen LogP contribution is -2.43. The molecule has 0 aliphatic carbocycles. The van der Waals surface area contributed by atoms with Gasteiger partial charge in [0.05, 0.1) is 23.2 Å². The highest BCUT2D eigenvalue weighted by Gasteiger charge is 2.27. The maximum absolute atomic E-state index is 13.2. The van der Waals surface area contributed by atoms with Crippen molar-refractivity contribution in [1.29, 1.82) is 0 Å². The number of aliphatic hydroxyl groups excluding tert-OH is 1. The Morgan fingerprint density at radius 1 is 0.852 bits per heavy atom. The van der Waals surface area contributed by atoms with Crippen LogP contribution in [0.4, 0.5) is 5.69 Å². The second-order valence-electron chi connectivity index (χ2n) is 6.64. The molecule has 0 saturated heterocycles. The van der Waals surface area contributed by atoms with Crippen molar-refractivity contribution in [2.75, 3.05) is 30.5 Å². The highest BCUT2D eigenvalue weighted by molar-refractivity contribution is 7.92. The minimum Gasteiger partial charge on any atom is -0.390 e. The van der Waals surface area contributed by atoms with Gasteiger partial charge in [0.25, 0.3) is 10.0 Å². The fraction of sp³-hybridized carbons (Fsp3) is 0.429. The van der Waals surface area contributed by atoms with Gasteiger partial charge in [-0.1, -0.05) is 50.2 Å². The summed E-state index contributed by atoms with van der Waals surface area (Å²) >= 11 is 0. The molecule has 6 heteroatoms. The molecular formula is C21H30N2O3S. The molecule has 2 aromatic carbocycles. The monoisotopic (exact) mass is 390 g/mol. The van der Waals surface area contributed by atoms with Crippen LogP contribution in [0.5, 0.6) is 0 Å². The Kier molecular flexibility index (Phi) is 8.28. The van der Waals surface area contributed by atoms with Crippen molar-refractivity contribution in [2.45, 2.75) is 37.7 Å². The molecule has 0 amide bonds. The zero-order chi connectivity index (χ0) is 19.7. The SMILES string of the molecule is CCCN(CCC)CC(O)CN(c1ccccc1)S(=O)(=O)c1ccccc1. The quantitative estimate of drug-likeness (QED) is 0.639. The summed E-state index contributed by atoms with van der Waals surface area (Å²) in [7, 11) is -3.75. The van der Waals surface area contributed by atoms with E-state index >= 15 is 0 Å². The third kappa shape index (κ3) is 6.06. The minimum absolute atomic E-state index is 0.0190. The number of rotatable bonds is 11. The minimum atomic E-state index is -3.75. The molecular weight excluding hydrogens is 360 g/mol. The molecule has 0 fully saturated rings. The molecule has 148 valence electrons. The number of benzene rings is 2. The fourth-order valence-electron chi connectivity index (χ4n) is 3.13. The third-order valence-electron chi connectivity index (χ3n) is 4.30. The standard InChI is InChI=1S/C21H30N2O3S/c1-3-15-22(16-4-2)17-20(24)18-23(19-11-7-5-8-12-19)27(25,26)21-13-9-6-10-14-21/h5-14,20,24H,3-4,15-18H2,1-2H3. The Bertz CT molecular complexity index is 761. The first kappa shape index (κ1) is 21.4. The first-order valence-electron chi connectivity index (χ1n) is 9.52. The van der Waals surface area contributed by atoms with Crippen LogP contribution in [0.15, 0.2) is 65.6 Å². The maximum atomic E-state index is 13.2. The van der Waals surface area contributed by atoms with Gasteiger partial charge in [-0.05, 0) is 50.2 Å². The summed E-state index contributed by atoms with van der Waals surface area (Å²) in [6, 6.07) is 17.3. The fourth-order valence-corrected chi connectivity index (χ4v) is 4.65. The van der Waals surface area contributed by atoms with Gasteiger partial charge < -0.3 is 10.0 Å². The van der Waals surface area contributed by atoms with Crippen molar-refractivity contribution < 1.29 is 13.5 Å². The Balaban J connectivity index is 2.26. The van der Waals surface area contributed by atoms with E-state index in [9.17, 15) is 13.5 Å². The van der Waals surface area contributed by atoms with Gasteiger partial charge >= 0.3 is 0 Å². The zero-order valence-electron chi connectivity index (χ0n) is 16.2. The van der Waals surface area contributed by atoms with Crippen LogP contribution in [0.25, 0.3) is 0 Å². The number of nitrogens with zero attached hydrogens (tertiary/aromatic N) is 2. The van der Waals surface area contributed by atoms with Crippen LogP contribution in [0.3, 0.4) is 0 Å². The van der Waals surface area contributed by atoms with Crippen LogP contribution in [0.1, 0.15) is 26.7 Å². The Hall–Kier alpha value is -1.89. The topological polar surface area (TPSA) is 60.9 Å². The molecule has 0 aromatic heterocycles. The molecule has 0 radical (unpaired) electrons. The molecule has 1 N–H and O–H groups in total. The molecule has 0 aliphatic rings. The van der Waals surface area contributed by atoms with E-state index in [1.807, 2.05) is 6.07 Å². The van der Waals surface area contributed by atoms with E-state index in [4.69, 9.17) is 0 Å². The van der Waals surface area contributed by atoms with Gasteiger partial charge in [-0.2, -0.15) is 0 Å². The smallest absolute Gasteiger partial charge is 0.264 e. The molecule has 0 bridgehead atoms. The molecule has 0 spiro atoms. The second-order valence-corrected chi connectivity index (χ2v) is 8.50. The van der Waals surface area contributed by atoms with E-state index in [2.05, 4.69) is 18.7 Å². The lowest BCUT2D eigenvalue weighted by molar-refractivity contribution is 0.119. The summed E-state index contributed by atoms with van der Waals surface area (Å²) in [5, 5.41) is 10.7. The molecule has 2 rings (SSSR count). The largest absolute Gasteiger partial charge is 0.390 e. The van der Waals surface area contributed by atoms with E-state index in [-0.39, 0.29) is 11.4 Å². The van der Waals surface area contributed by atoms with Gasteiger partial charge in [0.2, 0.25) is 0 Å². The van der Waals surface area contributed by atoms with Crippen LogP contribution in [-0.2, 0) is 10.0 Å². The first-order valence-corrected chi connectivity index (χ1v) is 11.0. The number of aliphatic hydroxyl groups is 1. The van der Waals surface area contributed by atoms with Crippen molar-refractivity contribution in [3.8, 4) is 0 Å². The van der Waals surface area contributed by atoms with E-state index in [0.29, 0.717) is 12.2 Å². The number of anilines is 1. The van der Waals surface area contributed by atoms with Crippen molar-refractivity contribution in [3.63, 3.8) is 0 Å². The molecule has 27 heavy (non-hydrogen) atoms. The van der Waals surface area contributed by atoms with Crippen molar-refractivity contribution in [2.24, 2.45) is 0 Å². The predicted molar refractivity (Wildman–Crippen MR) is 110 cm³/mol. The van der Waals surface area contributed by atoms with Gasteiger partial charge in [-0.25, -0.2) is 8.42 Å². The normalized spacial score (nSPS) is 12.9. The Labute approximate surface area is 163 Å². The average Bonchev–Trinajstić information content (AvgIpc) is 2.68. The summed E-state index contributed by atoms with van der Waals surface area (Å²) in [4.78, 5) is 2.41. The molecule has 0 aliphatic heterocycles. The Morgan fingerprint density at radius 2 is 1.37 bits per heavy atom. The van der Waals surface area contributed by atoms with Crippen LogP contribution >= 0.6 is 0 Å². The van der Waals surface area contributed by atoms with Gasteiger partial charge in [0, 0.05) is 6.54 Å². The van der Waals surface area contributed by atoms with Gasteiger partial charge in [0.15, 0.2) is 0 Å². The molecule has 1 unspecified atom stereocenters. The summed E-state index contributed by atoms with van der Waals surface area (Å²) < 4.78 is 27.7. The van der Waals surface area contributed by atoms with Crippen LogP contribution in [0, 0.1) is 0 Å². The van der Waals surface area contributed by atoms with Crippen LogP contribution in [-0.4, -0.2) is 50.7 Å². The summed E-state index contributed by atoms with van der Waals surface area (Å²) in [5.41, 5.74) is 0.554. The highest BCUT2D eigenvalue weighted by Crippen LogP contribution is 2.23. The average molecular weight is 391 g/mol. The molecule has 0 saturated carbocycles. The summed E-state index contributed by atoms with van der Waals surface area (Å²) in [6.07, 6.45) is 1.22. The van der Waals surface area contributed by atoms with Crippen molar-refractivity contribution in [3.05, 3.63) is 60.7 Å². The number of sulfonamides is 1. The third-order valence-corrected chi connectivity index (χ3v) is 6.11. The molecule has 1 atom stereocenters. The summed E-state index contributed by atoms with van der Waals surface area (Å²) in [6.45, 7) is 6.46. The van der Waals surface area contributed by atoms with Crippen molar-refractivity contribution in [1.82, 2.24) is 4.90 Å². The van der Waals surface area contributed by atoms with Gasteiger partial charge in [-0.15, -0.1) is 0 Å². The van der Waals surface area contributed by atoms with Crippen molar-refractivity contribution >= 4 is 15.7 Å². The van der Waals surface area contributed by atoms with E-state index in [1.165, 1.54) is 4.31 Å². The molecule has 0 heterocycles. The lowest BCUT2D eigenvalue weighted by atomic mass is 10.2.